The van der Waals surface area contributed by atoms with Crippen molar-refractivity contribution in [2.24, 2.45) is 0 Å². The lowest BCUT2D eigenvalue weighted by atomic mass is 10.1. The minimum Gasteiger partial charge on any atom is -0.493 e. The van der Waals surface area contributed by atoms with Crippen LogP contribution in [0.4, 0.5) is 0 Å². The van der Waals surface area contributed by atoms with Crippen LogP contribution in [0.3, 0.4) is 0 Å². The van der Waals surface area contributed by atoms with Crippen LogP contribution in [0.2, 0.25) is 5.02 Å². The summed E-state index contributed by atoms with van der Waals surface area (Å²) in [7, 11) is 3.19. The Morgan fingerprint density at radius 1 is 1.20 bits per heavy atom. The molecular weight excluding hydrogens is 278 g/mol. The van der Waals surface area contributed by atoms with Crippen LogP contribution in [0.5, 0.6) is 11.5 Å². The molecule has 114 valence electrons. The summed E-state index contributed by atoms with van der Waals surface area (Å²) in [5, 5.41) is 4.00. The lowest BCUT2D eigenvalue weighted by molar-refractivity contribution is 0.123. The largest absolute Gasteiger partial charge is 0.493 e. The molecule has 1 N–H and O–H groups in total. The summed E-state index contributed by atoms with van der Waals surface area (Å²) in [4.78, 5) is 0. The van der Waals surface area contributed by atoms with E-state index in [1.807, 2.05) is 19.1 Å². The SMILES string of the molecule is CCCNC(COCC)c1cc(Cl)c(OC)c(OC)c1. The maximum absolute atomic E-state index is 6.25. The summed E-state index contributed by atoms with van der Waals surface area (Å²) in [6, 6.07) is 3.93. The molecule has 20 heavy (non-hydrogen) atoms. The molecule has 1 unspecified atom stereocenters. The summed E-state index contributed by atoms with van der Waals surface area (Å²) in [6.07, 6.45) is 1.06. The van der Waals surface area contributed by atoms with Gasteiger partial charge in [-0.1, -0.05) is 18.5 Å². The zero-order valence-corrected chi connectivity index (χ0v) is 13.4. The van der Waals surface area contributed by atoms with Gasteiger partial charge in [-0.3, -0.25) is 0 Å². The molecule has 0 aliphatic carbocycles. The second-order valence-electron chi connectivity index (χ2n) is 4.40. The van der Waals surface area contributed by atoms with E-state index < -0.39 is 0 Å². The van der Waals surface area contributed by atoms with Crippen molar-refractivity contribution in [3.8, 4) is 11.5 Å². The Balaban J connectivity index is 3.02. The van der Waals surface area contributed by atoms with Crippen LogP contribution in [0.25, 0.3) is 0 Å². The molecule has 1 atom stereocenters. The van der Waals surface area contributed by atoms with E-state index in [0.717, 1.165) is 18.5 Å². The molecule has 0 aliphatic heterocycles. The molecule has 1 rings (SSSR count). The van der Waals surface area contributed by atoms with Gasteiger partial charge in [0, 0.05) is 6.61 Å². The van der Waals surface area contributed by atoms with Crippen LogP contribution in [0.15, 0.2) is 12.1 Å². The fraction of sp³-hybridized carbons (Fsp3) is 0.600. The van der Waals surface area contributed by atoms with Gasteiger partial charge in [-0.25, -0.2) is 0 Å². The Labute approximate surface area is 126 Å². The van der Waals surface area contributed by atoms with Gasteiger partial charge in [0.05, 0.1) is 31.9 Å². The van der Waals surface area contributed by atoms with E-state index in [2.05, 4.69) is 12.2 Å². The Hall–Kier alpha value is -0.970. The number of rotatable bonds is 9. The van der Waals surface area contributed by atoms with Gasteiger partial charge in [0.15, 0.2) is 11.5 Å². The fourth-order valence-electron chi connectivity index (χ4n) is 1.97. The van der Waals surface area contributed by atoms with Crippen LogP contribution in [-0.2, 0) is 4.74 Å². The highest BCUT2D eigenvalue weighted by atomic mass is 35.5. The molecule has 1 aromatic rings. The van der Waals surface area contributed by atoms with E-state index in [-0.39, 0.29) is 6.04 Å². The van der Waals surface area contributed by atoms with Crippen molar-refractivity contribution >= 4 is 11.6 Å². The first kappa shape index (κ1) is 17.1. The number of benzene rings is 1. The molecule has 4 nitrogen and oxygen atoms in total. The monoisotopic (exact) mass is 301 g/mol. The van der Waals surface area contributed by atoms with Crippen molar-refractivity contribution in [1.29, 1.82) is 0 Å². The summed E-state index contributed by atoms with van der Waals surface area (Å²) < 4.78 is 16.1. The van der Waals surface area contributed by atoms with Crippen molar-refractivity contribution in [2.75, 3.05) is 34.0 Å². The molecule has 1 aromatic carbocycles. The molecule has 0 aliphatic rings. The first-order valence-electron chi connectivity index (χ1n) is 6.90. The van der Waals surface area contributed by atoms with Gasteiger partial charge in [-0.15, -0.1) is 0 Å². The highest BCUT2D eigenvalue weighted by Gasteiger charge is 2.17. The van der Waals surface area contributed by atoms with E-state index in [0.29, 0.717) is 29.7 Å². The number of halogens is 1. The van der Waals surface area contributed by atoms with E-state index in [4.69, 9.17) is 25.8 Å². The predicted octanol–water partition coefficient (Wildman–Crippen LogP) is 3.43. The molecule has 0 spiro atoms. The van der Waals surface area contributed by atoms with Crippen molar-refractivity contribution in [3.63, 3.8) is 0 Å². The van der Waals surface area contributed by atoms with Crippen molar-refractivity contribution in [1.82, 2.24) is 5.32 Å². The van der Waals surface area contributed by atoms with Crippen molar-refractivity contribution < 1.29 is 14.2 Å². The second-order valence-corrected chi connectivity index (χ2v) is 4.81. The third-order valence-corrected chi connectivity index (χ3v) is 3.27. The molecule has 0 heterocycles. The molecule has 0 aromatic heterocycles. The van der Waals surface area contributed by atoms with E-state index in [1.165, 1.54) is 0 Å². The Morgan fingerprint density at radius 3 is 2.50 bits per heavy atom. The molecular formula is C15H24ClNO3. The molecule has 0 fully saturated rings. The number of ether oxygens (including phenoxy) is 3. The first-order valence-corrected chi connectivity index (χ1v) is 7.28. The maximum atomic E-state index is 6.25. The lowest BCUT2D eigenvalue weighted by Gasteiger charge is -2.21. The van der Waals surface area contributed by atoms with Crippen molar-refractivity contribution in [2.45, 2.75) is 26.3 Å². The van der Waals surface area contributed by atoms with Gasteiger partial charge in [-0.2, -0.15) is 0 Å². The lowest BCUT2D eigenvalue weighted by Crippen LogP contribution is -2.26. The van der Waals surface area contributed by atoms with Crippen LogP contribution in [0, 0.1) is 0 Å². The summed E-state index contributed by atoms with van der Waals surface area (Å²) >= 11 is 6.25. The van der Waals surface area contributed by atoms with Crippen LogP contribution in [0.1, 0.15) is 31.9 Å². The topological polar surface area (TPSA) is 39.7 Å². The molecule has 0 saturated heterocycles. The Kier molecular flexibility index (Phi) is 7.73. The number of methoxy groups -OCH3 is 2. The number of nitrogens with one attached hydrogen (secondary N) is 1. The third kappa shape index (κ3) is 4.54. The quantitative estimate of drug-likeness (QED) is 0.758. The second kappa shape index (κ2) is 9.06. The molecule has 0 bridgehead atoms. The molecule has 0 saturated carbocycles. The van der Waals surface area contributed by atoms with E-state index >= 15 is 0 Å². The van der Waals surface area contributed by atoms with Crippen LogP contribution < -0.4 is 14.8 Å². The smallest absolute Gasteiger partial charge is 0.179 e. The number of hydrogen-bond acceptors (Lipinski definition) is 4. The minimum absolute atomic E-state index is 0.0900. The Morgan fingerprint density at radius 2 is 1.95 bits per heavy atom. The summed E-state index contributed by atoms with van der Waals surface area (Å²) in [5.74, 6) is 1.19. The van der Waals surface area contributed by atoms with Gasteiger partial charge in [0.2, 0.25) is 0 Å². The molecule has 0 radical (unpaired) electrons. The number of hydrogen-bond donors (Lipinski definition) is 1. The van der Waals surface area contributed by atoms with E-state index in [9.17, 15) is 0 Å². The predicted molar refractivity (Wildman–Crippen MR) is 82.1 cm³/mol. The average molecular weight is 302 g/mol. The average Bonchev–Trinajstić information content (AvgIpc) is 2.46. The minimum atomic E-state index is 0.0900. The highest BCUT2D eigenvalue weighted by molar-refractivity contribution is 6.32. The Bertz CT molecular complexity index is 404. The zero-order valence-electron chi connectivity index (χ0n) is 12.7. The van der Waals surface area contributed by atoms with Gasteiger partial charge in [-0.05, 0) is 37.6 Å². The zero-order chi connectivity index (χ0) is 15.0. The molecule has 0 amide bonds. The third-order valence-electron chi connectivity index (χ3n) is 2.99. The van der Waals surface area contributed by atoms with Gasteiger partial charge >= 0.3 is 0 Å². The normalized spacial score (nSPS) is 12.2. The maximum Gasteiger partial charge on any atom is 0.179 e. The van der Waals surface area contributed by atoms with Gasteiger partial charge in [0.1, 0.15) is 0 Å². The summed E-state index contributed by atoms with van der Waals surface area (Å²) in [5.41, 5.74) is 1.04. The van der Waals surface area contributed by atoms with E-state index in [1.54, 1.807) is 14.2 Å². The van der Waals surface area contributed by atoms with Gasteiger partial charge in [0.25, 0.3) is 0 Å². The molecule has 5 heteroatoms. The highest BCUT2D eigenvalue weighted by Crippen LogP contribution is 2.37. The van der Waals surface area contributed by atoms with Crippen LogP contribution in [-0.4, -0.2) is 34.0 Å². The van der Waals surface area contributed by atoms with Crippen LogP contribution >= 0.6 is 11.6 Å². The fourth-order valence-corrected chi connectivity index (χ4v) is 2.26. The van der Waals surface area contributed by atoms with Gasteiger partial charge < -0.3 is 19.5 Å². The first-order chi connectivity index (χ1) is 9.67. The standard InChI is InChI=1S/C15H24ClNO3/c1-5-7-17-13(10-20-6-2)11-8-12(16)15(19-4)14(9-11)18-3/h8-9,13,17H,5-7,10H2,1-4H3. The van der Waals surface area contributed by atoms with Crippen molar-refractivity contribution in [3.05, 3.63) is 22.7 Å². The summed E-state index contributed by atoms with van der Waals surface area (Å²) in [6.45, 7) is 6.32.